The normalized spacial score (nSPS) is 14.0. The molecular formula is C36H22N2. The first-order chi connectivity index (χ1) is 18.9. The van der Waals surface area contributed by atoms with Crippen LogP contribution in [-0.4, -0.2) is 9.55 Å². The highest BCUT2D eigenvalue weighted by Gasteiger charge is 2.52. The predicted octanol–water partition coefficient (Wildman–Crippen LogP) is 8.52. The van der Waals surface area contributed by atoms with E-state index in [9.17, 15) is 0 Å². The number of rotatable bonds is 1. The van der Waals surface area contributed by atoms with Crippen molar-refractivity contribution in [3.8, 4) is 27.9 Å². The molecule has 0 aliphatic heterocycles. The van der Waals surface area contributed by atoms with Gasteiger partial charge < -0.3 is 4.57 Å². The Balaban J connectivity index is 1.48. The van der Waals surface area contributed by atoms with Crippen molar-refractivity contribution in [1.82, 2.24) is 9.55 Å². The number of hydrogen-bond acceptors (Lipinski definition) is 1. The average molecular weight is 483 g/mol. The van der Waals surface area contributed by atoms with Crippen molar-refractivity contribution < 1.29 is 0 Å². The molecule has 5 aromatic carbocycles. The van der Waals surface area contributed by atoms with Gasteiger partial charge in [-0.15, -0.1) is 0 Å². The van der Waals surface area contributed by atoms with Gasteiger partial charge in [-0.1, -0.05) is 103 Å². The van der Waals surface area contributed by atoms with Gasteiger partial charge in [-0.3, -0.25) is 4.98 Å². The largest absolute Gasteiger partial charge is 0.308 e. The van der Waals surface area contributed by atoms with Gasteiger partial charge in [0.15, 0.2) is 0 Å². The number of para-hydroxylation sites is 1. The van der Waals surface area contributed by atoms with Crippen LogP contribution in [0, 0.1) is 0 Å². The molecule has 1 spiro atoms. The average Bonchev–Trinajstić information content (AvgIpc) is 3.59. The van der Waals surface area contributed by atoms with Crippen molar-refractivity contribution in [3.63, 3.8) is 0 Å². The summed E-state index contributed by atoms with van der Waals surface area (Å²) in [6.45, 7) is 0. The molecule has 0 fully saturated rings. The topological polar surface area (TPSA) is 17.8 Å². The quantitative estimate of drug-likeness (QED) is 0.229. The van der Waals surface area contributed by atoms with E-state index in [-0.39, 0.29) is 5.41 Å². The van der Waals surface area contributed by atoms with E-state index in [2.05, 4.69) is 131 Å². The Morgan fingerprint density at radius 1 is 0.474 bits per heavy atom. The standard InChI is InChI=1S/C36H22N2/c1-5-14-28-23(10-1)24-11-2-6-15-29(24)36(28)30-16-7-3-13-26(30)35-31(36)17-9-19-34(35)38-32-18-8-4-12-25(32)27-22-37-21-20-33(27)38/h1-22H. The minimum atomic E-state index is -0.338. The van der Waals surface area contributed by atoms with Crippen LogP contribution in [0.1, 0.15) is 22.3 Å². The molecule has 7 aromatic rings. The molecule has 0 unspecified atom stereocenters. The predicted molar refractivity (Wildman–Crippen MR) is 155 cm³/mol. The maximum absolute atomic E-state index is 4.47. The van der Waals surface area contributed by atoms with Crippen LogP contribution in [0.3, 0.4) is 0 Å². The van der Waals surface area contributed by atoms with Gasteiger partial charge in [0, 0.05) is 28.7 Å². The van der Waals surface area contributed by atoms with E-state index < -0.39 is 0 Å². The maximum atomic E-state index is 4.47. The van der Waals surface area contributed by atoms with Crippen molar-refractivity contribution in [2.45, 2.75) is 5.41 Å². The van der Waals surface area contributed by atoms with Gasteiger partial charge in [0.25, 0.3) is 0 Å². The van der Waals surface area contributed by atoms with Crippen LogP contribution >= 0.6 is 0 Å². The van der Waals surface area contributed by atoms with Crippen molar-refractivity contribution in [3.05, 3.63) is 156 Å². The number of pyridine rings is 1. The third-order valence-electron chi connectivity index (χ3n) is 8.71. The van der Waals surface area contributed by atoms with Crippen molar-refractivity contribution in [2.24, 2.45) is 0 Å². The van der Waals surface area contributed by atoms with Crippen LogP contribution in [0.2, 0.25) is 0 Å². The van der Waals surface area contributed by atoms with Crippen LogP contribution in [0.4, 0.5) is 0 Å². The van der Waals surface area contributed by atoms with Crippen molar-refractivity contribution >= 4 is 21.8 Å². The minimum Gasteiger partial charge on any atom is -0.308 e. The van der Waals surface area contributed by atoms with E-state index in [4.69, 9.17) is 0 Å². The van der Waals surface area contributed by atoms with Gasteiger partial charge in [-0.2, -0.15) is 0 Å². The summed E-state index contributed by atoms with van der Waals surface area (Å²) in [5.41, 5.74) is 14.0. The molecule has 0 radical (unpaired) electrons. The Kier molecular flexibility index (Phi) is 3.76. The highest BCUT2D eigenvalue weighted by atomic mass is 15.0. The van der Waals surface area contributed by atoms with Crippen LogP contribution < -0.4 is 0 Å². The van der Waals surface area contributed by atoms with Gasteiger partial charge in [0.2, 0.25) is 0 Å². The second-order valence-corrected chi connectivity index (χ2v) is 10.3. The number of aromatic nitrogens is 2. The summed E-state index contributed by atoms with van der Waals surface area (Å²) in [6, 6.07) is 44.7. The van der Waals surface area contributed by atoms with Gasteiger partial charge in [0.05, 0.1) is 22.1 Å². The Hall–Kier alpha value is -4.95. The molecule has 176 valence electrons. The first-order valence-electron chi connectivity index (χ1n) is 13.2. The fourth-order valence-corrected chi connectivity index (χ4v) is 7.39. The summed E-state index contributed by atoms with van der Waals surface area (Å²) in [5, 5.41) is 2.41. The highest BCUT2D eigenvalue weighted by molar-refractivity contribution is 6.10. The summed E-state index contributed by atoms with van der Waals surface area (Å²) >= 11 is 0. The monoisotopic (exact) mass is 482 g/mol. The molecule has 2 nitrogen and oxygen atoms in total. The molecule has 2 aliphatic rings. The molecular weight excluding hydrogens is 460 g/mol. The molecule has 0 saturated heterocycles. The summed E-state index contributed by atoms with van der Waals surface area (Å²) in [5.74, 6) is 0. The molecule has 0 atom stereocenters. The lowest BCUT2D eigenvalue weighted by molar-refractivity contribution is 0.793. The molecule has 38 heavy (non-hydrogen) atoms. The van der Waals surface area contributed by atoms with E-state index in [1.54, 1.807) is 0 Å². The molecule has 2 heteroatoms. The van der Waals surface area contributed by atoms with Crippen LogP contribution in [0.15, 0.2) is 134 Å². The molecule has 2 heterocycles. The Morgan fingerprint density at radius 2 is 1.05 bits per heavy atom. The van der Waals surface area contributed by atoms with Gasteiger partial charge in [0.1, 0.15) is 0 Å². The zero-order valence-electron chi connectivity index (χ0n) is 20.6. The lowest BCUT2D eigenvalue weighted by Gasteiger charge is -2.30. The van der Waals surface area contributed by atoms with Crippen LogP contribution in [0.5, 0.6) is 0 Å². The summed E-state index contributed by atoms with van der Waals surface area (Å²) < 4.78 is 2.44. The van der Waals surface area contributed by atoms with Gasteiger partial charge in [-0.25, -0.2) is 0 Å². The van der Waals surface area contributed by atoms with Crippen LogP contribution in [-0.2, 0) is 5.41 Å². The molecule has 2 aromatic heterocycles. The SMILES string of the molecule is c1ccc2c(c1)-c1ccccc1C21c2ccccc2-c2c(-n3c4ccccc4c4cnccc43)cccc21. The molecule has 0 saturated carbocycles. The zero-order valence-corrected chi connectivity index (χ0v) is 20.6. The smallest absolute Gasteiger partial charge is 0.0726 e. The van der Waals surface area contributed by atoms with Crippen LogP contribution in [0.25, 0.3) is 49.7 Å². The van der Waals surface area contributed by atoms with E-state index >= 15 is 0 Å². The van der Waals surface area contributed by atoms with E-state index in [1.165, 1.54) is 72.0 Å². The van der Waals surface area contributed by atoms with Gasteiger partial charge >= 0.3 is 0 Å². The molecule has 2 aliphatic carbocycles. The van der Waals surface area contributed by atoms with Crippen molar-refractivity contribution in [2.75, 3.05) is 0 Å². The highest BCUT2D eigenvalue weighted by Crippen LogP contribution is 2.63. The molecule has 9 rings (SSSR count). The maximum Gasteiger partial charge on any atom is 0.0726 e. The molecule has 0 N–H and O–H groups in total. The van der Waals surface area contributed by atoms with Crippen molar-refractivity contribution in [1.29, 1.82) is 0 Å². The fourth-order valence-electron chi connectivity index (χ4n) is 7.39. The second kappa shape index (κ2) is 7.08. The molecule has 0 bridgehead atoms. The fraction of sp³-hybridized carbons (Fsp3) is 0.0278. The first kappa shape index (κ1) is 20.1. The Bertz CT molecular complexity index is 2000. The second-order valence-electron chi connectivity index (χ2n) is 10.3. The van der Waals surface area contributed by atoms with E-state index in [0.29, 0.717) is 0 Å². The Labute approximate surface area is 220 Å². The summed E-state index contributed by atoms with van der Waals surface area (Å²) in [7, 11) is 0. The summed E-state index contributed by atoms with van der Waals surface area (Å²) in [4.78, 5) is 4.47. The Morgan fingerprint density at radius 3 is 1.82 bits per heavy atom. The van der Waals surface area contributed by atoms with E-state index in [1.807, 2.05) is 12.4 Å². The number of hydrogen-bond donors (Lipinski definition) is 0. The number of fused-ring (bicyclic) bond motifs is 13. The first-order valence-corrected chi connectivity index (χ1v) is 13.2. The molecule has 0 amide bonds. The number of benzene rings is 5. The number of nitrogens with zero attached hydrogens (tertiary/aromatic N) is 2. The zero-order chi connectivity index (χ0) is 24.8. The lowest BCUT2D eigenvalue weighted by atomic mass is 9.70. The van der Waals surface area contributed by atoms with Gasteiger partial charge in [-0.05, 0) is 57.1 Å². The minimum absolute atomic E-state index is 0.338. The summed E-state index contributed by atoms with van der Waals surface area (Å²) in [6.07, 6.45) is 3.90. The lowest BCUT2D eigenvalue weighted by Crippen LogP contribution is -2.25. The third-order valence-corrected chi connectivity index (χ3v) is 8.71. The third kappa shape index (κ3) is 2.23. The van der Waals surface area contributed by atoms with E-state index in [0.717, 1.165) is 0 Å².